The van der Waals surface area contributed by atoms with E-state index >= 15 is 0 Å². The van der Waals surface area contributed by atoms with E-state index in [2.05, 4.69) is 19.2 Å². The minimum Gasteiger partial charge on any atom is -0.392 e. The Morgan fingerprint density at radius 2 is 2.00 bits per heavy atom. The second-order valence-corrected chi connectivity index (χ2v) is 3.06. The summed E-state index contributed by atoms with van der Waals surface area (Å²) < 4.78 is 0. The Hall–Kier alpha value is -0.0800. The summed E-state index contributed by atoms with van der Waals surface area (Å²) in [6, 6.07) is 0. The Morgan fingerprint density at radius 1 is 1.33 bits per heavy atom. The molecule has 2 heteroatoms. The maximum absolute atomic E-state index is 9.29. The molecule has 1 aliphatic rings. The SMILES string of the molecule is CC1CNCC(O)C1C. The lowest BCUT2D eigenvalue weighted by molar-refractivity contribution is 0.0615. The van der Waals surface area contributed by atoms with Crippen LogP contribution in [0, 0.1) is 11.8 Å². The van der Waals surface area contributed by atoms with Gasteiger partial charge >= 0.3 is 0 Å². The van der Waals surface area contributed by atoms with Crippen LogP contribution in [-0.4, -0.2) is 24.3 Å². The average Bonchev–Trinajstić information content (AvgIpc) is 1.83. The Labute approximate surface area is 56.3 Å². The van der Waals surface area contributed by atoms with Gasteiger partial charge in [0.25, 0.3) is 0 Å². The predicted molar refractivity (Wildman–Crippen MR) is 37.2 cm³/mol. The normalized spacial score (nSPS) is 45.0. The van der Waals surface area contributed by atoms with Crippen LogP contribution in [0.4, 0.5) is 0 Å². The molecule has 1 heterocycles. The summed E-state index contributed by atoms with van der Waals surface area (Å²) in [6.07, 6.45) is -0.131. The Morgan fingerprint density at radius 3 is 2.44 bits per heavy atom. The molecule has 0 amide bonds. The van der Waals surface area contributed by atoms with E-state index in [4.69, 9.17) is 0 Å². The van der Waals surface area contributed by atoms with Gasteiger partial charge in [-0.25, -0.2) is 0 Å². The first-order valence-corrected chi connectivity index (χ1v) is 3.60. The smallest absolute Gasteiger partial charge is 0.0693 e. The van der Waals surface area contributed by atoms with E-state index in [9.17, 15) is 5.11 Å². The fourth-order valence-corrected chi connectivity index (χ4v) is 1.21. The molecule has 0 saturated carbocycles. The lowest BCUT2D eigenvalue weighted by Gasteiger charge is -2.31. The van der Waals surface area contributed by atoms with Gasteiger partial charge in [0.2, 0.25) is 0 Å². The monoisotopic (exact) mass is 129 g/mol. The largest absolute Gasteiger partial charge is 0.392 e. The van der Waals surface area contributed by atoms with Gasteiger partial charge in [-0.2, -0.15) is 0 Å². The molecule has 1 saturated heterocycles. The molecule has 0 spiro atoms. The molecule has 1 fully saturated rings. The fourth-order valence-electron chi connectivity index (χ4n) is 1.21. The molecule has 0 aromatic rings. The van der Waals surface area contributed by atoms with Gasteiger partial charge in [0, 0.05) is 6.54 Å². The lowest BCUT2D eigenvalue weighted by atomic mass is 9.88. The van der Waals surface area contributed by atoms with Crippen LogP contribution in [-0.2, 0) is 0 Å². The molecule has 0 aromatic carbocycles. The fraction of sp³-hybridized carbons (Fsp3) is 1.00. The van der Waals surface area contributed by atoms with Crippen molar-refractivity contribution in [3.05, 3.63) is 0 Å². The van der Waals surface area contributed by atoms with Crippen molar-refractivity contribution in [3.8, 4) is 0 Å². The van der Waals surface area contributed by atoms with Crippen molar-refractivity contribution in [2.45, 2.75) is 20.0 Å². The van der Waals surface area contributed by atoms with Gasteiger partial charge in [-0.05, 0) is 18.4 Å². The van der Waals surface area contributed by atoms with Crippen LogP contribution in [0.5, 0.6) is 0 Å². The van der Waals surface area contributed by atoms with Crippen molar-refractivity contribution < 1.29 is 5.11 Å². The lowest BCUT2D eigenvalue weighted by Crippen LogP contribution is -2.44. The van der Waals surface area contributed by atoms with Crippen molar-refractivity contribution in [1.82, 2.24) is 5.32 Å². The zero-order valence-corrected chi connectivity index (χ0v) is 6.09. The molecule has 0 aromatic heterocycles. The van der Waals surface area contributed by atoms with E-state index in [0.29, 0.717) is 11.8 Å². The van der Waals surface area contributed by atoms with Crippen LogP contribution < -0.4 is 5.32 Å². The second kappa shape index (κ2) is 2.67. The summed E-state index contributed by atoms with van der Waals surface area (Å²) in [6.45, 7) is 6.10. The molecule has 2 N–H and O–H groups in total. The standard InChI is InChI=1S/C7H15NO/c1-5-3-8-4-7(9)6(5)2/h5-9H,3-4H2,1-2H3. The van der Waals surface area contributed by atoms with Gasteiger partial charge in [-0.1, -0.05) is 13.8 Å². The van der Waals surface area contributed by atoms with E-state index in [0.717, 1.165) is 13.1 Å². The third kappa shape index (κ3) is 1.43. The van der Waals surface area contributed by atoms with Crippen LogP contribution in [0.25, 0.3) is 0 Å². The van der Waals surface area contributed by atoms with Crippen molar-refractivity contribution in [2.24, 2.45) is 11.8 Å². The number of rotatable bonds is 0. The highest BCUT2D eigenvalue weighted by molar-refractivity contribution is 4.78. The Kier molecular flexibility index (Phi) is 2.09. The maximum atomic E-state index is 9.29. The molecule has 3 unspecified atom stereocenters. The zero-order chi connectivity index (χ0) is 6.85. The number of piperidine rings is 1. The quantitative estimate of drug-likeness (QED) is 0.490. The van der Waals surface area contributed by atoms with Gasteiger partial charge in [0.15, 0.2) is 0 Å². The second-order valence-electron chi connectivity index (χ2n) is 3.06. The van der Waals surface area contributed by atoms with Crippen LogP contribution in [0.1, 0.15) is 13.8 Å². The van der Waals surface area contributed by atoms with E-state index in [-0.39, 0.29) is 6.10 Å². The van der Waals surface area contributed by atoms with E-state index < -0.39 is 0 Å². The first-order chi connectivity index (χ1) is 4.22. The highest BCUT2D eigenvalue weighted by atomic mass is 16.3. The van der Waals surface area contributed by atoms with Crippen LogP contribution in [0.3, 0.4) is 0 Å². The molecule has 9 heavy (non-hydrogen) atoms. The Bertz CT molecular complexity index is 84.9. The van der Waals surface area contributed by atoms with Crippen molar-refractivity contribution in [3.63, 3.8) is 0 Å². The minimum absolute atomic E-state index is 0.131. The summed E-state index contributed by atoms with van der Waals surface area (Å²) in [5, 5.41) is 12.5. The molecule has 0 bridgehead atoms. The predicted octanol–water partition coefficient (Wildman–Crippen LogP) is 0.223. The van der Waals surface area contributed by atoms with E-state index in [1.807, 2.05) is 0 Å². The van der Waals surface area contributed by atoms with Crippen LogP contribution in [0.2, 0.25) is 0 Å². The molecule has 0 radical (unpaired) electrons. The van der Waals surface area contributed by atoms with Gasteiger partial charge in [-0.15, -0.1) is 0 Å². The number of hydrogen-bond donors (Lipinski definition) is 2. The Balaban J connectivity index is 2.41. The first kappa shape index (κ1) is 7.03. The van der Waals surface area contributed by atoms with Gasteiger partial charge in [0.05, 0.1) is 6.10 Å². The van der Waals surface area contributed by atoms with Gasteiger partial charge in [-0.3, -0.25) is 0 Å². The number of aliphatic hydroxyl groups excluding tert-OH is 1. The van der Waals surface area contributed by atoms with E-state index in [1.54, 1.807) is 0 Å². The molecular weight excluding hydrogens is 114 g/mol. The van der Waals surface area contributed by atoms with Gasteiger partial charge < -0.3 is 10.4 Å². The molecular formula is C7H15NO. The number of nitrogens with one attached hydrogen (secondary N) is 1. The topological polar surface area (TPSA) is 32.3 Å². The third-order valence-electron chi connectivity index (χ3n) is 2.32. The summed E-state index contributed by atoms with van der Waals surface area (Å²) in [5.74, 6) is 1.08. The summed E-state index contributed by atoms with van der Waals surface area (Å²) >= 11 is 0. The average molecular weight is 129 g/mol. The number of β-amino-alcohol motifs (C(OH)–C–C–N with tert-alkyl or cyclic N) is 1. The van der Waals surface area contributed by atoms with Crippen molar-refractivity contribution >= 4 is 0 Å². The van der Waals surface area contributed by atoms with E-state index in [1.165, 1.54) is 0 Å². The zero-order valence-electron chi connectivity index (χ0n) is 6.09. The molecule has 2 nitrogen and oxygen atoms in total. The molecule has 1 rings (SSSR count). The first-order valence-electron chi connectivity index (χ1n) is 3.60. The highest BCUT2D eigenvalue weighted by Gasteiger charge is 2.24. The summed E-state index contributed by atoms with van der Waals surface area (Å²) in [4.78, 5) is 0. The summed E-state index contributed by atoms with van der Waals surface area (Å²) in [7, 11) is 0. The van der Waals surface area contributed by atoms with Crippen molar-refractivity contribution in [1.29, 1.82) is 0 Å². The molecule has 3 atom stereocenters. The molecule has 1 aliphatic heterocycles. The number of aliphatic hydroxyl groups is 1. The third-order valence-corrected chi connectivity index (χ3v) is 2.32. The molecule has 0 aliphatic carbocycles. The highest BCUT2D eigenvalue weighted by Crippen LogP contribution is 2.17. The van der Waals surface area contributed by atoms with Crippen LogP contribution in [0.15, 0.2) is 0 Å². The number of hydrogen-bond acceptors (Lipinski definition) is 2. The van der Waals surface area contributed by atoms with Crippen molar-refractivity contribution in [2.75, 3.05) is 13.1 Å². The van der Waals surface area contributed by atoms with Crippen LogP contribution >= 0.6 is 0 Å². The van der Waals surface area contributed by atoms with Gasteiger partial charge in [0.1, 0.15) is 0 Å². The minimum atomic E-state index is -0.131. The maximum Gasteiger partial charge on any atom is 0.0693 e. The molecule has 54 valence electrons. The summed E-state index contributed by atoms with van der Waals surface area (Å²) in [5.41, 5.74) is 0.